The average Bonchev–Trinajstić information content (AvgIpc) is 2.70. The summed E-state index contributed by atoms with van der Waals surface area (Å²) in [5, 5.41) is 28.3. The summed E-state index contributed by atoms with van der Waals surface area (Å²) < 4.78 is 25.7. The van der Waals surface area contributed by atoms with Crippen LogP contribution in [-0.2, 0) is 10.0 Å². The molecule has 1 aromatic carbocycles. The van der Waals surface area contributed by atoms with Crippen LogP contribution in [0.1, 0.15) is 18.6 Å². The molecule has 19 heavy (non-hydrogen) atoms. The first-order valence-corrected chi connectivity index (χ1v) is 7.40. The Hall–Kier alpha value is -0.990. The van der Waals surface area contributed by atoms with Crippen LogP contribution < -0.4 is 0 Å². The van der Waals surface area contributed by atoms with Gasteiger partial charge < -0.3 is 15.3 Å². The van der Waals surface area contributed by atoms with Crippen molar-refractivity contribution in [3.05, 3.63) is 29.8 Å². The maximum Gasteiger partial charge on any atom is 0.243 e. The molecule has 0 amide bonds. The number of benzene rings is 1. The molecule has 106 valence electrons. The lowest BCUT2D eigenvalue weighted by Crippen LogP contribution is -2.30. The molecule has 3 N–H and O–H groups in total. The summed E-state index contributed by atoms with van der Waals surface area (Å²) in [4.78, 5) is 0.0483. The molecular weight excluding hydrogens is 270 g/mol. The second-order valence-electron chi connectivity index (χ2n) is 4.71. The van der Waals surface area contributed by atoms with Crippen molar-refractivity contribution < 1.29 is 23.7 Å². The zero-order valence-corrected chi connectivity index (χ0v) is 11.3. The van der Waals surface area contributed by atoms with E-state index in [2.05, 4.69) is 0 Å². The second kappa shape index (κ2) is 5.18. The SMILES string of the molecule is CC(O)c1cccc(S(=O)(=O)N2CC(O)C(O)C2)c1. The Morgan fingerprint density at radius 3 is 2.37 bits per heavy atom. The van der Waals surface area contributed by atoms with E-state index < -0.39 is 28.3 Å². The Kier molecular flexibility index (Phi) is 3.93. The minimum absolute atomic E-state index is 0.0483. The number of aliphatic hydroxyl groups excluding tert-OH is 3. The van der Waals surface area contributed by atoms with E-state index >= 15 is 0 Å². The van der Waals surface area contributed by atoms with E-state index in [0.717, 1.165) is 4.31 Å². The third-order valence-corrected chi connectivity index (χ3v) is 5.03. The molecule has 1 aliphatic rings. The molecule has 3 atom stereocenters. The number of hydrogen-bond donors (Lipinski definition) is 3. The quantitative estimate of drug-likeness (QED) is 0.694. The fourth-order valence-corrected chi connectivity index (χ4v) is 3.55. The molecular formula is C12H17NO5S. The van der Waals surface area contributed by atoms with E-state index in [1.165, 1.54) is 12.1 Å². The van der Waals surface area contributed by atoms with Crippen LogP contribution in [0.5, 0.6) is 0 Å². The monoisotopic (exact) mass is 287 g/mol. The number of sulfonamides is 1. The Balaban J connectivity index is 2.32. The van der Waals surface area contributed by atoms with Gasteiger partial charge in [-0.2, -0.15) is 4.31 Å². The maximum atomic E-state index is 12.3. The highest BCUT2D eigenvalue weighted by Crippen LogP contribution is 2.23. The molecule has 7 heteroatoms. The molecule has 1 aromatic rings. The first kappa shape index (κ1) is 14.4. The summed E-state index contributed by atoms with van der Waals surface area (Å²) in [6, 6.07) is 6.02. The summed E-state index contributed by atoms with van der Waals surface area (Å²) in [5.74, 6) is 0. The van der Waals surface area contributed by atoms with Crippen molar-refractivity contribution in [2.75, 3.05) is 13.1 Å². The maximum absolute atomic E-state index is 12.3. The lowest BCUT2D eigenvalue weighted by atomic mass is 10.1. The van der Waals surface area contributed by atoms with Crippen molar-refractivity contribution in [2.45, 2.75) is 30.1 Å². The van der Waals surface area contributed by atoms with Crippen LogP contribution in [0.3, 0.4) is 0 Å². The molecule has 1 saturated heterocycles. The predicted octanol–water partition coefficient (Wildman–Crippen LogP) is -0.534. The fourth-order valence-electron chi connectivity index (χ4n) is 2.02. The first-order valence-electron chi connectivity index (χ1n) is 5.96. The van der Waals surface area contributed by atoms with Crippen LogP contribution in [0, 0.1) is 0 Å². The van der Waals surface area contributed by atoms with Crippen LogP contribution in [-0.4, -0.2) is 53.3 Å². The van der Waals surface area contributed by atoms with E-state index in [0.29, 0.717) is 5.56 Å². The Labute approximate surface area is 112 Å². The number of nitrogens with zero attached hydrogens (tertiary/aromatic N) is 1. The zero-order valence-electron chi connectivity index (χ0n) is 10.5. The highest BCUT2D eigenvalue weighted by Gasteiger charge is 2.37. The summed E-state index contributed by atoms with van der Waals surface area (Å²) >= 11 is 0. The molecule has 0 aliphatic carbocycles. The van der Waals surface area contributed by atoms with Crippen LogP contribution >= 0.6 is 0 Å². The van der Waals surface area contributed by atoms with Gasteiger partial charge in [0.25, 0.3) is 0 Å². The molecule has 6 nitrogen and oxygen atoms in total. The molecule has 0 saturated carbocycles. The Morgan fingerprint density at radius 1 is 1.26 bits per heavy atom. The van der Waals surface area contributed by atoms with Crippen molar-refractivity contribution >= 4 is 10.0 Å². The smallest absolute Gasteiger partial charge is 0.243 e. The molecule has 0 aromatic heterocycles. The summed E-state index contributed by atoms with van der Waals surface area (Å²) in [7, 11) is -3.76. The van der Waals surface area contributed by atoms with Gasteiger partial charge in [0.1, 0.15) is 0 Å². The van der Waals surface area contributed by atoms with Crippen LogP contribution in [0.4, 0.5) is 0 Å². The highest BCUT2D eigenvalue weighted by atomic mass is 32.2. The molecule has 1 heterocycles. The standard InChI is InChI=1S/C12H17NO5S/c1-8(14)9-3-2-4-10(5-9)19(17,18)13-6-11(15)12(16)7-13/h2-5,8,11-12,14-16H,6-7H2,1H3. The third kappa shape index (κ3) is 2.80. The van der Waals surface area contributed by atoms with Gasteiger partial charge in [-0.3, -0.25) is 0 Å². The molecule has 1 fully saturated rings. The molecule has 0 radical (unpaired) electrons. The largest absolute Gasteiger partial charge is 0.389 e. The van der Waals surface area contributed by atoms with Crippen molar-refractivity contribution in [1.82, 2.24) is 4.31 Å². The van der Waals surface area contributed by atoms with Crippen LogP contribution in [0.25, 0.3) is 0 Å². The molecule has 0 spiro atoms. The van der Waals surface area contributed by atoms with Crippen LogP contribution in [0.2, 0.25) is 0 Å². The van der Waals surface area contributed by atoms with Gasteiger partial charge >= 0.3 is 0 Å². The van der Waals surface area contributed by atoms with Gasteiger partial charge in [-0.15, -0.1) is 0 Å². The Bertz CT molecular complexity index is 547. The van der Waals surface area contributed by atoms with E-state index in [-0.39, 0.29) is 18.0 Å². The van der Waals surface area contributed by atoms with E-state index in [9.17, 15) is 23.7 Å². The van der Waals surface area contributed by atoms with Gasteiger partial charge in [0.05, 0.1) is 23.2 Å². The molecule has 2 rings (SSSR count). The van der Waals surface area contributed by atoms with E-state index in [4.69, 9.17) is 0 Å². The summed E-state index contributed by atoms with van der Waals surface area (Å²) in [6.45, 7) is 1.31. The Morgan fingerprint density at radius 2 is 1.84 bits per heavy atom. The number of rotatable bonds is 3. The summed E-state index contributed by atoms with van der Waals surface area (Å²) in [6.07, 6.45) is -2.88. The fraction of sp³-hybridized carbons (Fsp3) is 0.500. The van der Waals surface area contributed by atoms with E-state index in [1.54, 1.807) is 19.1 Å². The summed E-state index contributed by atoms with van der Waals surface area (Å²) in [5.41, 5.74) is 0.501. The van der Waals surface area contributed by atoms with Crippen LogP contribution in [0.15, 0.2) is 29.2 Å². The molecule has 0 bridgehead atoms. The lowest BCUT2D eigenvalue weighted by Gasteiger charge is -2.16. The third-order valence-electron chi connectivity index (χ3n) is 3.20. The van der Waals surface area contributed by atoms with Gasteiger partial charge in [-0.1, -0.05) is 12.1 Å². The topological polar surface area (TPSA) is 98.1 Å². The first-order chi connectivity index (χ1) is 8.82. The average molecular weight is 287 g/mol. The van der Waals surface area contributed by atoms with Crippen molar-refractivity contribution in [3.8, 4) is 0 Å². The second-order valence-corrected chi connectivity index (χ2v) is 6.64. The normalized spacial score (nSPS) is 26.5. The molecule has 1 aliphatic heterocycles. The van der Waals surface area contributed by atoms with Gasteiger partial charge in [-0.05, 0) is 24.6 Å². The van der Waals surface area contributed by atoms with Gasteiger partial charge in [0, 0.05) is 13.1 Å². The van der Waals surface area contributed by atoms with Gasteiger partial charge in [0.2, 0.25) is 10.0 Å². The molecule has 3 unspecified atom stereocenters. The van der Waals surface area contributed by atoms with Gasteiger partial charge in [-0.25, -0.2) is 8.42 Å². The zero-order chi connectivity index (χ0) is 14.2. The number of β-amino-alcohol motifs (C(OH)–C–C–N with tert-alkyl or cyclic N) is 2. The van der Waals surface area contributed by atoms with Gasteiger partial charge in [0.15, 0.2) is 0 Å². The van der Waals surface area contributed by atoms with E-state index in [1.807, 2.05) is 0 Å². The minimum atomic E-state index is -3.76. The lowest BCUT2D eigenvalue weighted by molar-refractivity contribution is 0.0572. The highest BCUT2D eigenvalue weighted by molar-refractivity contribution is 7.89. The number of hydrogen-bond acceptors (Lipinski definition) is 5. The van der Waals surface area contributed by atoms with Crippen molar-refractivity contribution in [3.63, 3.8) is 0 Å². The minimum Gasteiger partial charge on any atom is -0.389 e. The predicted molar refractivity (Wildman–Crippen MR) is 67.8 cm³/mol. The van der Waals surface area contributed by atoms with Crippen molar-refractivity contribution in [1.29, 1.82) is 0 Å². The van der Waals surface area contributed by atoms with Crippen molar-refractivity contribution in [2.24, 2.45) is 0 Å². The number of aliphatic hydroxyl groups is 3.